The van der Waals surface area contributed by atoms with E-state index in [1.807, 2.05) is 0 Å². The third-order valence-corrected chi connectivity index (χ3v) is 4.79. The molecule has 0 bridgehead atoms. The van der Waals surface area contributed by atoms with Crippen molar-refractivity contribution in [1.82, 2.24) is 20.3 Å². The van der Waals surface area contributed by atoms with Crippen LogP contribution < -0.4 is 119 Å². The molecule has 2 aromatic heterocycles. The standard InChI is InChI=1S/C20H21N5O6.2K.H2O.2H/c21-20-24-16-15(18(29)25-20)12(9-22-16)6-3-10-1-4-11(5-2-10)17(28)23-13(19(30)31)7-8-14(26)27;;;;;/h1-2,4-5,9,13H,3,6-8H2,(H,23,28)(H,26,27)(H,30,31)(H4,21,22,24,25,29);;;1H2;;/q;2*+1;;2*-1/t13-;;;;;/m0...../s1. The van der Waals surface area contributed by atoms with Crippen LogP contribution in [0.25, 0.3) is 11.0 Å². The molecule has 0 aliphatic heterocycles. The first-order chi connectivity index (χ1) is 14.7. The van der Waals surface area contributed by atoms with Gasteiger partial charge < -0.3 is 34.6 Å². The molecule has 1 aromatic carbocycles. The second-order valence-electron chi connectivity index (χ2n) is 6.98. The molecule has 14 heteroatoms. The van der Waals surface area contributed by atoms with Crippen molar-refractivity contribution >= 4 is 34.8 Å². The fourth-order valence-electron chi connectivity index (χ4n) is 3.19. The van der Waals surface area contributed by atoms with Gasteiger partial charge in [0, 0.05) is 18.2 Å². The molecule has 12 nitrogen and oxygen atoms in total. The van der Waals surface area contributed by atoms with E-state index in [4.69, 9.17) is 15.9 Å². The van der Waals surface area contributed by atoms with Crippen LogP contribution in [-0.2, 0) is 22.4 Å². The molecule has 174 valence electrons. The van der Waals surface area contributed by atoms with Crippen LogP contribution in [0.3, 0.4) is 0 Å². The number of aromatic amines is 2. The number of nitrogens with zero attached hydrogens (tertiary/aromatic N) is 1. The molecular weight excluding hydrogens is 500 g/mol. The number of aliphatic carboxylic acids is 2. The Kier molecular flexibility index (Phi) is 14.8. The van der Waals surface area contributed by atoms with E-state index in [0.717, 1.165) is 11.1 Å². The Labute approximate surface area is 281 Å². The molecule has 0 unspecified atom stereocenters. The van der Waals surface area contributed by atoms with Gasteiger partial charge in [-0.25, -0.2) is 4.79 Å². The first kappa shape index (κ1) is 33.1. The summed E-state index contributed by atoms with van der Waals surface area (Å²) in [6, 6.07) is 5.30. The third-order valence-electron chi connectivity index (χ3n) is 4.79. The number of nitrogens with one attached hydrogen (secondary N) is 3. The fourth-order valence-corrected chi connectivity index (χ4v) is 3.19. The molecule has 2 heterocycles. The summed E-state index contributed by atoms with van der Waals surface area (Å²) in [7, 11) is 0. The number of nitrogens with two attached hydrogens (primary N) is 1. The van der Waals surface area contributed by atoms with E-state index in [1.165, 1.54) is 0 Å². The maximum Gasteiger partial charge on any atom is 1.00 e. The van der Waals surface area contributed by atoms with Crippen LogP contribution in [0.1, 0.15) is 37.2 Å². The molecule has 3 rings (SSSR count). The molecule has 9 N–H and O–H groups in total. The zero-order valence-corrected chi connectivity index (χ0v) is 25.1. The maximum atomic E-state index is 12.3. The van der Waals surface area contributed by atoms with Crippen molar-refractivity contribution in [2.45, 2.75) is 31.7 Å². The number of H-pyrrole nitrogens is 2. The number of anilines is 1. The smallest absolute Gasteiger partial charge is 1.00 e. The second kappa shape index (κ2) is 15.3. The van der Waals surface area contributed by atoms with Crippen molar-refractivity contribution in [3.05, 3.63) is 57.5 Å². The summed E-state index contributed by atoms with van der Waals surface area (Å²) in [5.41, 5.74) is 7.59. The normalized spacial score (nSPS) is 10.8. The predicted molar refractivity (Wildman–Crippen MR) is 117 cm³/mol. The van der Waals surface area contributed by atoms with Gasteiger partial charge in [-0.3, -0.25) is 19.4 Å². The zero-order chi connectivity index (χ0) is 22.5. The molecule has 0 aliphatic rings. The van der Waals surface area contributed by atoms with Crippen LogP contribution >= 0.6 is 0 Å². The Bertz CT molecular complexity index is 1210. The van der Waals surface area contributed by atoms with E-state index < -0.39 is 23.9 Å². The number of amides is 1. The Morgan fingerprint density at radius 1 is 1.12 bits per heavy atom. The van der Waals surface area contributed by atoms with E-state index in [1.54, 1.807) is 30.5 Å². The van der Waals surface area contributed by atoms with Gasteiger partial charge in [-0.05, 0) is 42.5 Å². The van der Waals surface area contributed by atoms with Gasteiger partial charge in [0.05, 0.1) is 5.39 Å². The molecule has 34 heavy (non-hydrogen) atoms. The quantitative estimate of drug-likeness (QED) is 0.147. The van der Waals surface area contributed by atoms with Crippen molar-refractivity contribution in [1.29, 1.82) is 0 Å². The van der Waals surface area contributed by atoms with Gasteiger partial charge in [-0.2, -0.15) is 4.98 Å². The van der Waals surface area contributed by atoms with Gasteiger partial charge in [-0.15, -0.1) is 0 Å². The number of rotatable bonds is 9. The molecule has 0 saturated heterocycles. The number of hydrogen-bond acceptors (Lipinski definition) is 6. The van der Waals surface area contributed by atoms with Crippen molar-refractivity contribution in [2.75, 3.05) is 5.73 Å². The molecule has 0 saturated carbocycles. The van der Waals surface area contributed by atoms with Crippen LogP contribution in [0, 0.1) is 0 Å². The summed E-state index contributed by atoms with van der Waals surface area (Å²) in [5, 5.41) is 20.6. The van der Waals surface area contributed by atoms with Gasteiger partial charge in [0.2, 0.25) is 5.95 Å². The third kappa shape index (κ3) is 8.94. The number of carbonyl (C=O) groups is 3. The van der Waals surface area contributed by atoms with Gasteiger partial charge in [-0.1, -0.05) is 12.1 Å². The minimum absolute atomic E-state index is 0. The van der Waals surface area contributed by atoms with Gasteiger partial charge in [0.15, 0.2) is 0 Å². The predicted octanol–water partition coefficient (Wildman–Crippen LogP) is -5.93. The Balaban J connectivity index is -0.00000218. The van der Waals surface area contributed by atoms with E-state index in [-0.39, 0.29) is 141 Å². The molecule has 0 radical (unpaired) electrons. The number of aryl methyl sites for hydroxylation is 2. The van der Waals surface area contributed by atoms with Gasteiger partial charge >= 0.3 is 115 Å². The van der Waals surface area contributed by atoms with Gasteiger partial charge in [0.1, 0.15) is 11.7 Å². The SMILES string of the molecule is Nc1nc2[nH]cc(CCc3ccc(C(=O)N[C@@H](CCC(=O)O)C(=O)O)cc3)c2c(=O)[nH]1.O.[H-].[H-].[K+].[K+]. The minimum atomic E-state index is -1.30. The number of nitrogen functional groups attached to an aromatic ring is 1. The number of fused-ring (bicyclic) bond motifs is 1. The molecule has 0 spiro atoms. The summed E-state index contributed by atoms with van der Waals surface area (Å²) >= 11 is 0. The van der Waals surface area contributed by atoms with Crippen molar-refractivity contribution in [2.24, 2.45) is 0 Å². The summed E-state index contributed by atoms with van der Waals surface area (Å²) in [6.45, 7) is 0. The zero-order valence-electron chi connectivity index (χ0n) is 20.8. The summed E-state index contributed by atoms with van der Waals surface area (Å²) in [4.78, 5) is 55.7. The maximum absolute atomic E-state index is 12.3. The number of carboxylic acids is 2. The summed E-state index contributed by atoms with van der Waals surface area (Å²) in [6.07, 6.45) is 2.27. The molecular formula is C20H25K2N5O7. The van der Waals surface area contributed by atoms with Crippen molar-refractivity contribution < 1.29 is 136 Å². The van der Waals surface area contributed by atoms with Crippen LogP contribution in [0.4, 0.5) is 5.95 Å². The van der Waals surface area contributed by atoms with Crippen LogP contribution in [0.5, 0.6) is 0 Å². The average molecular weight is 526 g/mol. The summed E-state index contributed by atoms with van der Waals surface area (Å²) < 4.78 is 0. The topological polar surface area (TPSA) is 223 Å². The minimum Gasteiger partial charge on any atom is -1.00 e. The number of aromatic nitrogens is 3. The monoisotopic (exact) mass is 525 g/mol. The molecule has 0 fully saturated rings. The van der Waals surface area contributed by atoms with E-state index in [0.29, 0.717) is 23.9 Å². The number of carbonyl (C=O) groups excluding carboxylic acids is 1. The second-order valence-corrected chi connectivity index (χ2v) is 6.98. The fraction of sp³-hybridized carbons (Fsp3) is 0.250. The van der Waals surface area contributed by atoms with E-state index >= 15 is 0 Å². The molecule has 1 atom stereocenters. The van der Waals surface area contributed by atoms with E-state index in [9.17, 15) is 19.2 Å². The van der Waals surface area contributed by atoms with Crippen molar-refractivity contribution in [3.63, 3.8) is 0 Å². The number of hydrogen-bond donors (Lipinski definition) is 6. The molecule has 3 aromatic rings. The van der Waals surface area contributed by atoms with Crippen LogP contribution in [0.2, 0.25) is 0 Å². The first-order valence-electron chi connectivity index (χ1n) is 9.44. The summed E-state index contributed by atoms with van der Waals surface area (Å²) in [5.74, 6) is -3.00. The van der Waals surface area contributed by atoms with Crippen LogP contribution in [0.15, 0.2) is 35.3 Å². The number of carboxylic acid groups (broad SMARTS) is 2. The van der Waals surface area contributed by atoms with E-state index in [2.05, 4.69) is 20.3 Å². The Morgan fingerprint density at radius 3 is 2.35 bits per heavy atom. The van der Waals surface area contributed by atoms with Crippen molar-refractivity contribution in [3.8, 4) is 0 Å². The average Bonchev–Trinajstić information content (AvgIpc) is 3.12. The number of benzene rings is 1. The van der Waals surface area contributed by atoms with Gasteiger partial charge in [0.25, 0.3) is 11.5 Å². The Hall–Kier alpha value is -0.917. The molecule has 1 amide bonds. The van der Waals surface area contributed by atoms with Crippen LogP contribution in [-0.4, -0.2) is 54.5 Å². The molecule has 0 aliphatic carbocycles. The largest absolute Gasteiger partial charge is 1.00 e. The first-order valence-corrected chi connectivity index (χ1v) is 9.44. The Morgan fingerprint density at radius 2 is 1.76 bits per heavy atom.